The third kappa shape index (κ3) is 3.79. The number of anilines is 2. The molecule has 0 radical (unpaired) electrons. The number of hydrogen-bond acceptors (Lipinski definition) is 4. The first-order chi connectivity index (χ1) is 12.1. The highest BCUT2D eigenvalue weighted by atomic mass is 16.5. The Balaban J connectivity index is 1.73. The fourth-order valence-electron chi connectivity index (χ4n) is 2.91. The lowest BCUT2D eigenvalue weighted by atomic mass is 10.1. The Morgan fingerprint density at radius 3 is 2.92 bits per heavy atom. The highest BCUT2D eigenvalue weighted by Crippen LogP contribution is 2.33. The van der Waals surface area contributed by atoms with Gasteiger partial charge in [-0.3, -0.25) is 9.59 Å². The number of hydrogen-bond donors (Lipinski definition) is 1. The Morgan fingerprint density at radius 1 is 1.36 bits per heavy atom. The van der Waals surface area contributed by atoms with E-state index in [1.807, 2.05) is 44.2 Å². The number of benzene rings is 1. The molecule has 0 unspecified atom stereocenters. The molecule has 0 bridgehead atoms. The van der Waals surface area contributed by atoms with Crippen LogP contribution in [-0.2, 0) is 9.59 Å². The number of para-hydroxylation sites is 2. The van der Waals surface area contributed by atoms with Crippen LogP contribution in [0.25, 0.3) is 0 Å². The van der Waals surface area contributed by atoms with Crippen LogP contribution in [-0.4, -0.2) is 29.9 Å². The number of carbonyl (C=O) groups excluding carboxylic acids is 2. The SMILES string of the molecule is CCOc1ccccc1N1C[C@@H](C(=O)Nc2cc(C)ccn2)CC1=O. The van der Waals surface area contributed by atoms with Crippen molar-refractivity contribution < 1.29 is 14.3 Å². The number of carbonyl (C=O) groups is 2. The second-order valence-electron chi connectivity index (χ2n) is 6.01. The van der Waals surface area contributed by atoms with E-state index in [2.05, 4.69) is 10.3 Å². The number of aromatic nitrogens is 1. The van der Waals surface area contributed by atoms with Crippen LogP contribution >= 0.6 is 0 Å². The van der Waals surface area contributed by atoms with E-state index in [-0.39, 0.29) is 18.2 Å². The molecule has 25 heavy (non-hydrogen) atoms. The van der Waals surface area contributed by atoms with Gasteiger partial charge in [-0.1, -0.05) is 12.1 Å². The van der Waals surface area contributed by atoms with Gasteiger partial charge in [0.05, 0.1) is 18.2 Å². The molecular weight excluding hydrogens is 318 g/mol. The second kappa shape index (κ2) is 7.34. The van der Waals surface area contributed by atoms with Crippen LogP contribution in [0.15, 0.2) is 42.6 Å². The fourth-order valence-corrected chi connectivity index (χ4v) is 2.91. The first-order valence-electron chi connectivity index (χ1n) is 8.34. The Morgan fingerprint density at radius 2 is 2.16 bits per heavy atom. The summed E-state index contributed by atoms with van der Waals surface area (Å²) in [6.07, 6.45) is 1.83. The molecule has 6 heteroatoms. The molecule has 6 nitrogen and oxygen atoms in total. The number of pyridine rings is 1. The molecule has 0 aliphatic carbocycles. The van der Waals surface area contributed by atoms with Gasteiger partial charge in [-0.15, -0.1) is 0 Å². The van der Waals surface area contributed by atoms with Crippen molar-refractivity contribution in [2.75, 3.05) is 23.4 Å². The third-order valence-electron chi connectivity index (χ3n) is 4.12. The first kappa shape index (κ1) is 17.0. The third-order valence-corrected chi connectivity index (χ3v) is 4.12. The molecule has 2 heterocycles. The van der Waals surface area contributed by atoms with Crippen molar-refractivity contribution in [2.45, 2.75) is 20.3 Å². The van der Waals surface area contributed by atoms with Crippen LogP contribution < -0.4 is 15.0 Å². The van der Waals surface area contributed by atoms with Gasteiger partial charge in [0.25, 0.3) is 0 Å². The molecule has 3 rings (SSSR count). The average molecular weight is 339 g/mol. The zero-order valence-corrected chi connectivity index (χ0v) is 14.4. The van der Waals surface area contributed by atoms with E-state index in [1.54, 1.807) is 17.2 Å². The van der Waals surface area contributed by atoms with Crippen LogP contribution in [0.5, 0.6) is 5.75 Å². The molecule has 1 saturated heterocycles. The molecule has 130 valence electrons. The Hall–Kier alpha value is -2.89. The summed E-state index contributed by atoms with van der Waals surface area (Å²) in [5.74, 6) is 0.474. The maximum atomic E-state index is 12.5. The molecule has 1 aromatic carbocycles. The van der Waals surface area contributed by atoms with E-state index in [4.69, 9.17) is 4.74 Å². The standard InChI is InChI=1S/C19H21N3O3/c1-3-25-16-7-5-4-6-15(16)22-12-14(11-18(22)23)19(24)21-17-10-13(2)8-9-20-17/h4-10,14H,3,11-12H2,1-2H3,(H,20,21,24)/t14-/m0/s1. The number of aryl methyl sites for hydroxylation is 1. The van der Waals surface area contributed by atoms with Crippen LogP contribution in [0.3, 0.4) is 0 Å². The van der Waals surface area contributed by atoms with Gasteiger partial charge >= 0.3 is 0 Å². The van der Waals surface area contributed by atoms with Gasteiger partial charge < -0.3 is 15.0 Å². The van der Waals surface area contributed by atoms with Crippen molar-refractivity contribution in [3.05, 3.63) is 48.2 Å². The number of amides is 2. The molecular formula is C19H21N3O3. The lowest BCUT2D eigenvalue weighted by Gasteiger charge is -2.20. The lowest BCUT2D eigenvalue weighted by molar-refractivity contribution is -0.122. The minimum atomic E-state index is -0.413. The van der Waals surface area contributed by atoms with Crippen LogP contribution in [0.4, 0.5) is 11.5 Å². The summed E-state index contributed by atoms with van der Waals surface area (Å²) in [5.41, 5.74) is 1.72. The van der Waals surface area contributed by atoms with Crippen LogP contribution in [0.2, 0.25) is 0 Å². The predicted molar refractivity (Wildman–Crippen MR) is 95.7 cm³/mol. The summed E-state index contributed by atoms with van der Waals surface area (Å²) in [5, 5.41) is 2.80. The van der Waals surface area contributed by atoms with Crippen molar-refractivity contribution in [3.8, 4) is 5.75 Å². The van der Waals surface area contributed by atoms with Gasteiger partial charge in [0.15, 0.2) is 0 Å². The fraction of sp³-hybridized carbons (Fsp3) is 0.316. The van der Waals surface area contributed by atoms with Gasteiger partial charge in [-0.25, -0.2) is 4.98 Å². The van der Waals surface area contributed by atoms with Crippen molar-refractivity contribution in [2.24, 2.45) is 5.92 Å². The van der Waals surface area contributed by atoms with Gasteiger partial charge in [0.1, 0.15) is 11.6 Å². The molecule has 1 aliphatic heterocycles. The van der Waals surface area contributed by atoms with Crippen molar-refractivity contribution >= 4 is 23.3 Å². The molecule has 2 amide bonds. The molecule has 1 aromatic heterocycles. The molecule has 1 N–H and O–H groups in total. The minimum Gasteiger partial charge on any atom is -0.492 e. The largest absolute Gasteiger partial charge is 0.492 e. The zero-order valence-electron chi connectivity index (χ0n) is 14.4. The molecule has 1 fully saturated rings. The van der Waals surface area contributed by atoms with Gasteiger partial charge in [-0.2, -0.15) is 0 Å². The second-order valence-corrected chi connectivity index (χ2v) is 6.01. The van der Waals surface area contributed by atoms with E-state index in [9.17, 15) is 9.59 Å². The summed E-state index contributed by atoms with van der Waals surface area (Å²) in [4.78, 5) is 30.7. The zero-order chi connectivity index (χ0) is 17.8. The van der Waals surface area contributed by atoms with Crippen LogP contribution in [0, 0.1) is 12.8 Å². The quantitative estimate of drug-likeness (QED) is 0.909. The highest BCUT2D eigenvalue weighted by molar-refractivity contribution is 6.04. The molecule has 1 atom stereocenters. The first-order valence-corrected chi connectivity index (χ1v) is 8.34. The summed E-state index contributed by atoms with van der Waals surface area (Å²) in [6, 6.07) is 11.1. The number of nitrogens with one attached hydrogen (secondary N) is 1. The van der Waals surface area contributed by atoms with E-state index in [0.717, 1.165) is 5.56 Å². The lowest BCUT2D eigenvalue weighted by Crippen LogP contribution is -2.28. The maximum absolute atomic E-state index is 12.5. The normalized spacial score (nSPS) is 16.8. The Labute approximate surface area is 146 Å². The molecule has 1 aliphatic rings. The highest BCUT2D eigenvalue weighted by Gasteiger charge is 2.36. The van der Waals surface area contributed by atoms with Gasteiger partial charge in [-0.05, 0) is 43.7 Å². The Bertz CT molecular complexity index is 791. The van der Waals surface area contributed by atoms with E-state index < -0.39 is 5.92 Å². The summed E-state index contributed by atoms with van der Waals surface area (Å²) in [7, 11) is 0. The predicted octanol–water partition coefficient (Wildman–Crippen LogP) is 2.78. The van der Waals surface area contributed by atoms with Crippen molar-refractivity contribution in [3.63, 3.8) is 0 Å². The Kier molecular flexibility index (Phi) is 4.97. The maximum Gasteiger partial charge on any atom is 0.230 e. The van der Waals surface area contributed by atoms with E-state index in [1.165, 1.54) is 0 Å². The molecule has 0 saturated carbocycles. The molecule has 2 aromatic rings. The van der Waals surface area contributed by atoms with Gasteiger partial charge in [0.2, 0.25) is 11.8 Å². The van der Waals surface area contributed by atoms with Crippen molar-refractivity contribution in [1.29, 1.82) is 0 Å². The summed E-state index contributed by atoms with van der Waals surface area (Å²) in [6.45, 7) is 4.68. The topological polar surface area (TPSA) is 71.5 Å². The number of rotatable bonds is 5. The average Bonchev–Trinajstić information content (AvgIpc) is 2.97. The van der Waals surface area contributed by atoms with Gasteiger partial charge in [0, 0.05) is 19.2 Å². The van der Waals surface area contributed by atoms with E-state index in [0.29, 0.717) is 30.4 Å². The van der Waals surface area contributed by atoms with E-state index >= 15 is 0 Å². The molecule has 0 spiro atoms. The number of ether oxygens (including phenoxy) is 1. The minimum absolute atomic E-state index is 0.0792. The van der Waals surface area contributed by atoms with Crippen LogP contribution in [0.1, 0.15) is 18.9 Å². The smallest absolute Gasteiger partial charge is 0.230 e. The summed E-state index contributed by atoms with van der Waals surface area (Å²) < 4.78 is 5.60. The summed E-state index contributed by atoms with van der Waals surface area (Å²) >= 11 is 0. The van der Waals surface area contributed by atoms with Crippen molar-refractivity contribution in [1.82, 2.24) is 4.98 Å². The number of nitrogens with zero attached hydrogens (tertiary/aromatic N) is 2. The monoisotopic (exact) mass is 339 g/mol.